The third-order valence-electron chi connectivity index (χ3n) is 4.08. The summed E-state index contributed by atoms with van der Waals surface area (Å²) in [7, 11) is 0. The lowest BCUT2D eigenvalue weighted by Gasteiger charge is -2.23. The van der Waals surface area contributed by atoms with E-state index in [1.54, 1.807) is 0 Å². The summed E-state index contributed by atoms with van der Waals surface area (Å²) in [6.45, 7) is 9.35. The van der Waals surface area contributed by atoms with Crippen LogP contribution in [0.1, 0.15) is 38.7 Å². The van der Waals surface area contributed by atoms with Gasteiger partial charge in [0.1, 0.15) is 5.75 Å². The molecule has 1 fully saturated rings. The predicted molar refractivity (Wildman–Crippen MR) is 89.2 cm³/mol. The molecule has 1 saturated heterocycles. The van der Waals surface area contributed by atoms with Crippen LogP contribution in [0.4, 0.5) is 0 Å². The van der Waals surface area contributed by atoms with Gasteiger partial charge in [0.2, 0.25) is 0 Å². The first kappa shape index (κ1) is 16.6. The third-order valence-corrected chi connectivity index (χ3v) is 4.32. The largest absolute Gasteiger partial charge is 0.493 e. The quantitative estimate of drug-likeness (QED) is 0.792. The molecule has 1 heterocycles. The molecule has 0 saturated carbocycles. The molecule has 2 rings (SSSR count). The molecule has 21 heavy (non-hydrogen) atoms. The van der Waals surface area contributed by atoms with Gasteiger partial charge in [0.15, 0.2) is 0 Å². The van der Waals surface area contributed by atoms with Crippen molar-refractivity contribution in [3.8, 4) is 5.75 Å². The molecule has 1 aromatic rings. The van der Waals surface area contributed by atoms with Crippen molar-refractivity contribution in [2.45, 2.75) is 45.7 Å². The Kier molecular flexibility index (Phi) is 6.81. The lowest BCUT2D eigenvalue weighted by molar-refractivity contribution is 0.259. The van der Waals surface area contributed by atoms with Crippen LogP contribution in [0.3, 0.4) is 0 Å². The summed E-state index contributed by atoms with van der Waals surface area (Å²) in [5, 5.41) is 4.34. The molecule has 1 N–H and O–H groups in total. The van der Waals surface area contributed by atoms with E-state index in [1.807, 2.05) is 18.2 Å². The number of likely N-dealkylation sites (tertiary alicyclic amines) is 1. The molecule has 0 aliphatic carbocycles. The monoisotopic (exact) mass is 310 g/mol. The van der Waals surface area contributed by atoms with E-state index in [0.29, 0.717) is 6.04 Å². The van der Waals surface area contributed by atoms with Crippen molar-refractivity contribution in [2.75, 3.05) is 26.2 Å². The zero-order valence-corrected chi connectivity index (χ0v) is 14.0. The SMILES string of the molecule is CCCOc1ccc(Cl)cc1CNCC1CCCN1CC. The fourth-order valence-electron chi connectivity index (χ4n) is 2.96. The molecule has 0 bridgehead atoms. The maximum absolute atomic E-state index is 6.11. The Morgan fingerprint density at radius 2 is 2.24 bits per heavy atom. The summed E-state index contributed by atoms with van der Waals surface area (Å²) in [6.07, 6.45) is 3.64. The highest BCUT2D eigenvalue weighted by molar-refractivity contribution is 6.30. The molecule has 1 aliphatic heterocycles. The van der Waals surface area contributed by atoms with Crippen LogP contribution in [-0.4, -0.2) is 37.2 Å². The number of likely N-dealkylation sites (N-methyl/N-ethyl adjacent to an activating group) is 1. The summed E-state index contributed by atoms with van der Waals surface area (Å²) >= 11 is 6.11. The van der Waals surface area contributed by atoms with E-state index in [2.05, 4.69) is 24.1 Å². The molecule has 3 nitrogen and oxygen atoms in total. The van der Waals surface area contributed by atoms with E-state index in [9.17, 15) is 0 Å². The van der Waals surface area contributed by atoms with Crippen LogP contribution in [0.2, 0.25) is 5.02 Å². The Morgan fingerprint density at radius 1 is 1.38 bits per heavy atom. The summed E-state index contributed by atoms with van der Waals surface area (Å²) in [5.74, 6) is 0.951. The first-order valence-electron chi connectivity index (χ1n) is 8.10. The molecule has 1 unspecified atom stereocenters. The van der Waals surface area contributed by atoms with Gasteiger partial charge in [-0.25, -0.2) is 0 Å². The number of hydrogen-bond donors (Lipinski definition) is 1. The van der Waals surface area contributed by atoms with E-state index in [-0.39, 0.29) is 0 Å². The first-order chi connectivity index (χ1) is 10.2. The molecule has 0 amide bonds. The number of halogens is 1. The molecule has 1 aliphatic rings. The number of rotatable bonds is 8. The topological polar surface area (TPSA) is 24.5 Å². The van der Waals surface area contributed by atoms with Crippen LogP contribution in [0, 0.1) is 0 Å². The molecule has 118 valence electrons. The second kappa shape index (κ2) is 8.62. The van der Waals surface area contributed by atoms with Gasteiger partial charge in [-0.05, 0) is 50.6 Å². The van der Waals surface area contributed by atoms with Crippen LogP contribution in [0.5, 0.6) is 5.75 Å². The maximum Gasteiger partial charge on any atom is 0.123 e. The zero-order valence-electron chi connectivity index (χ0n) is 13.2. The van der Waals surface area contributed by atoms with Crippen molar-refractivity contribution in [1.29, 1.82) is 0 Å². The Balaban J connectivity index is 1.88. The second-order valence-electron chi connectivity index (χ2n) is 5.66. The summed E-state index contributed by atoms with van der Waals surface area (Å²) in [5.41, 5.74) is 1.15. The van der Waals surface area contributed by atoms with Crippen LogP contribution < -0.4 is 10.1 Å². The van der Waals surface area contributed by atoms with Gasteiger partial charge in [-0.1, -0.05) is 25.4 Å². The molecular formula is C17H27ClN2O. The van der Waals surface area contributed by atoms with Crippen molar-refractivity contribution in [3.05, 3.63) is 28.8 Å². The van der Waals surface area contributed by atoms with Crippen molar-refractivity contribution in [2.24, 2.45) is 0 Å². The predicted octanol–water partition coefficient (Wildman–Crippen LogP) is 3.70. The van der Waals surface area contributed by atoms with E-state index >= 15 is 0 Å². The number of ether oxygens (including phenoxy) is 1. The van der Waals surface area contributed by atoms with Crippen molar-refractivity contribution in [1.82, 2.24) is 10.2 Å². The van der Waals surface area contributed by atoms with Gasteiger partial charge in [0.05, 0.1) is 6.61 Å². The van der Waals surface area contributed by atoms with E-state index < -0.39 is 0 Å². The number of benzene rings is 1. The minimum absolute atomic E-state index is 0.675. The van der Waals surface area contributed by atoms with Crippen molar-refractivity contribution >= 4 is 11.6 Å². The van der Waals surface area contributed by atoms with Gasteiger partial charge >= 0.3 is 0 Å². The maximum atomic E-state index is 6.11. The molecule has 4 heteroatoms. The van der Waals surface area contributed by atoms with Crippen LogP contribution in [0.25, 0.3) is 0 Å². The van der Waals surface area contributed by atoms with Gasteiger partial charge < -0.3 is 10.1 Å². The lowest BCUT2D eigenvalue weighted by atomic mass is 10.1. The van der Waals surface area contributed by atoms with Gasteiger partial charge in [-0.15, -0.1) is 0 Å². The average Bonchev–Trinajstić information content (AvgIpc) is 2.94. The Labute approximate surface area is 133 Å². The minimum atomic E-state index is 0.675. The molecule has 1 atom stereocenters. The van der Waals surface area contributed by atoms with Gasteiger partial charge in [0.25, 0.3) is 0 Å². The Hall–Kier alpha value is -0.770. The molecule has 0 aromatic heterocycles. The highest BCUT2D eigenvalue weighted by Gasteiger charge is 2.22. The Morgan fingerprint density at radius 3 is 3.00 bits per heavy atom. The van der Waals surface area contributed by atoms with Crippen molar-refractivity contribution in [3.63, 3.8) is 0 Å². The lowest BCUT2D eigenvalue weighted by Crippen LogP contribution is -2.37. The summed E-state index contributed by atoms with van der Waals surface area (Å²) in [6, 6.07) is 6.55. The normalized spacial score (nSPS) is 19.1. The molecule has 1 aromatic carbocycles. The summed E-state index contributed by atoms with van der Waals surface area (Å²) < 4.78 is 5.80. The number of hydrogen-bond acceptors (Lipinski definition) is 3. The highest BCUT2D eigenvalue weighted by atomic mass is 35.5. The third kappa shape index (κ3) is 4.87. The molecular weight excluding hydrogens is 284 g/mol. The standard InChI is InChI=1S/C17H27ClN2O/c1-3-10-21-17-8-7-15(18)11-14(17)12-19-13-16-6-5-9-20(16)4-2/h7-8,11,16,19H,3-6,9-10,12-13H2,1-2H3. The Bertz CT molecular complexity index is 439. The van der Waals surface area contributed by atoms with Gasteiger partial charge in [-0.2, -0.15) is 0 Å². The zero-order chi connectivity index (χ0) is 15.1. The number of nitrogens with zero attached hydrogens (tertiary/aromatic N) is 1. The minimum Gasteiger partial charge on any atom is -0.493 e. The van der Waals surface area contributed by atoms with E-state index in [4.69, 9.17) is 16.3 Å². The summed E-state index contributed by atoms with van der Waals surface area (Å²) in [4.78, 5) is 2.56. The van der Waals surface area contributed by atoms with E-state index in [0.717, 1.165) is 49.0 Å². The van der Waals surface area contributed by atoms with Crippen LogP contribution in [0.15, 0.2) is 18.2 Å². The fraction of sp³-hybridized carbons (Fsp3) is 0.647. The van der Waals surface area contributed by atoms with Gasteiger partial charge in [0, 0.05) is 29.7 Å². The fourth-order valence-corrected chi connectivity index (χ4v) is 3.15. The van der Waals surface area contributed by atoms with Crippen LogP contribution in [-0.2, 0) is 6.54 Å². The van der Waals surface area contributed by atoms with E-state index in [1.165, 1.54) is 19.4 Å². The smallest absolute Gasteiger partial charge is 0.123 e. The van der Waals surface area contributed by atoms with Crippen molar-refractivity contribution < 1.29 is 4.74 Å². The molecule has 0 radical (unpaired) electrons. The average molecular weight is 311 g/mol. The number of nitrogens with one attached hydrogen (secondary N) is 1. The first-order valence-corrected chi connectivity index (χ1v) is 8.48. The second-order valence-corrected chi connectivity index (χ2v) is 6.09. The molecule has 0 spiro atoms. The van der Waals surface area contributed by atoms with Gasteiger partial charge in [-0.3, -0.25) is 4.90 Å². The van der Waals surface area contributed by atoms with Crippen LogP contribution >= 0.6 is 11.6 Å². The highest BCUT2D eigenvalue weighted by Crippen LogP contribution is 2.23.